The van der Waals surface area contributed by atoms with Crippen molar-refractivity contribution in [3.05, 3.63) is 35.4 Å². The van der Waals surface area contributed by atoms with Gasteiger partial charge in [-0.15, -0.1) is 0 Å². The largest absolute Gasteiger partial charge is 0.385 e. The molecule has 4 saturated carbocycles. The van der Waals surface area contributed by atoms with Crippen LogP contribution in [0.3, 0.4) is 0 Å². The standard InChI is InChI=1S/C32H52N2O/c1-22(34(6)7)26-14-15-28-25-13-12-24-20-32(35,27-11-9-8-10-23(27)21-33(4)5)19-18-30(24,2)29(25)16-17-31(26,28)3/h8-11,22,24-26,28-29,35H,12-21H2,1-7H3/t22-,24-,25?,26+,28-,29-,30-,31?,32+/m0/s1. The fraction of sp³-hybridized carbons (Fsp3) is 0.812. The molecule has 0 aliphatic heterocycles. The average molecular weight is 481 g/mol. The second kappa shape index (κ2) is 9.14. The molecule has 196 valence electrons. The maximum Gasteiger partial charge on any atom is 0.0902 e. The van der Waals surface area contributed by atoms with E-state index in [1.165, 1.54) is 56.1 Å². The Morgan fingerprint density at radius 3 is 2.31 bits per heavy atom. The molecule has 5 rings (SSSR count). The summed E-state index contributed by atoms with van der Waals surface area (Å²) in [5, 5.41) is 12.1. The topological polar surface area (TPSA) is 26.7 Å². The molecular formula is C32H52N2O. The highest BCUT2D eigenvalue weighted by Gasteiger charge is 2.62. The second-order valence-corrected chi connectivity index (χ2v) is 14.2. The minimum absolute atomic E-state index is 0.401. The zero-order valence-corrected chi connectivity index (χ0v) is 23.7. The predicted molar refractivity (Wildman–Crippen MR) is 146 cm³/mol. The molecule has 2 unspecified atom stereocenters. The molecule has 0 spiro atoms. The number of hydrogen-bond donors (Lipinski definition) is 1. The van der Waals surface area contributed by atoms with Gasteiger partial charge in [-0.25, -0.2) is 0 Å². The minimum Gasteiger partial charge on any atom is -0.385 e. The molecule has 3 nitrogen and oxygen atoms in total. The lowest BCUT2D eigenvalue weighted by molar-refractivity contribution is -0.155. The summed E-state index contributed by atoms with van der Waals surface area (Å²) < 4.78 is 0. The van der Waals surface area contributed by atoms with Crippen LogP contribution in [0.4, 0.5) is 0 Å². The van der Waals surface area contributed by atoms with Crippen molar-refractivity contribution in [2.45, 2.75) is 96.7 Å². The molecule has 4 aliphatic carbocycles. The lowest BCUT2D eigenvalue weighted by Gasteiger charge is -2.62. The number of rotatable bonds is 5. The van der Waals surface area contributed by atoms with Gasteiger partial charge in [0.25, 0.3) is 0 Å². The van der Waals surface area contributed by atoms with Crippen molar-refractivity contribution in [1.29, 1.82) is 0 Å². The van der Waals surface area contributed by atoms with Gasteiger partial charge in [0, 0.05) is 12.6 Å². The number of benzene rings is 1. The Hall–Kier alpha value is -0.900. The van der Waals surface area contributed by atoms with E-state index in [-0.39, 0.29) is 0 Å². The molecule has 0 bridgehead atoms. The van der Waals surface area contributed by atoms with E-state index in [9.17, 15) is 5.11 Å². The molecular weight excluding hydrogens is 428 g/mol. The van der Waals surface area contributed by atoms with Gasteiger partial charge >= 0.3 is 0 Å². The van der Waals surface area contributed by atoms with Gasteiger partial charge in [0.05, 0.1) is 5.60 Å². The first-order valence-corrected chi connectivity index (χ1v) is 14.6. The molecule has 35 heavy (non-hydrogen) atoms. The Balaban J connectivity index is 1.37. The summed E-state index contributed by atoms with van der Waals surface area (Å²) in [5.74, 6) is 4.17. The number of aliphatic hydroxyl groups is 1. The Kier molecular flexibility index (Phi) is 6.72. The number of nitrogens with zero attached hydrogens (tertiary/aromatic N) is 2. The van der Waals surface area contributed by atoms with Gasteiger partial charge in [0.15, 0.2) is 0 Å². The molecule has 4 aliphatic rings. The molecule has 3 heteroatoms. The summed E-state index contributed by atoms with van der Waals surface area (Å²) in [6.07, 6.45) is 11.5. The highest BCUT2D eigenvalue weighted by Crippen LogP contribution is 2.69. The monoisotopic (exact) mass is 480 g/mol. The molecule has 1 N–H and O–H groups in total. The van der Waals surface area contributed by atoms with Crippen molar-refractivity contribution in [2.24, 2.45) is 40.4 Å². The normalized spacial score (nSPS) is 44.1. The first-order chi connectivity index (χ1) is 16.5. The van der Waals surface area contributed by atoms with E-state index in [0.717, 1.165) is 43.1 Å². The Bertz CT molecular complexity index is 913. The summed E-state index contributed by atoms with van der Waals surface area (Å²) in [6.45, 7) is 8.68. The van der Waals surface area contributed by atoms with Gasteiger partial charge in [-0.2, -0.15) is 0 Å². The molecule has 0 aromatic heterocycles. The quantitative estimate of drug-likeness (QED) is 0.518. The Morgan fingerprint density at radius 2 is 1.60 bits per heavy atom. The zero-order valence-electron chi connectivity index (χ0n) is 23.7. The summed E-state index contributed by atoms with van der Waals surface area (Å²) in [4.78, 5) is 4.70. The molecule has 9 atom stereocenters. The predicted octanol–water partition coefficient (Wildman–Crippen LogP) is 6.54. The highest BCUT2D eigenvalue weighted by atomic mass is 16.3. The highest BCUT2D eigenvalue weighted by molar-refractivity contribution is 5.33. The summed E-state index contributed by atoms with van der Waals surface area (Å²) in [6, 6.07) is 9.38. The molecule has 1 aromatic carbocycles. The van der Waals surface area contributed by atoms with E-state index in [1.54, 1.807) is 0 Å². The zero-order chi connectivity index (χ0) is 25.2. The third-order valence-corrected chi connectivity index (χ3v) is 12.2. The van der Waals surface area contributed by atoms with Crippen LogP contribution in [0.2, 0.25) is 0 Å². The number of hydrogen-bond acceptors (Lipinski definition) is 3. The maximum absolute atomic E-state index is 12.1. The van der Waals surface area contributed by atoms with E-state index in [1.807, 2.05) is 0 Å². The van der Waals surface area contributed by atoms with Gasteiger partial charge in [-0.1, -0.05) is 38.1 Å². The third kappa shape index (κ3) is 4.12. The van der Waals surface area contributed by atoms with Crippen LogP contribution in [0.25, 0.3) is 0 Å². The molecule has 1 aromatic rings. The first-order valence-electron chi connectivity index (χ1n) is 14.6. The summed E-state index contributed by atoms with van der Waals surface area (Å²) >= 11 is 0. The fourth-order valence-corrected chi connectivity index (χ4v) is 10.1. The Morgan fingerprint density at radius 1 is 0.886 bits per heavy atom. The third-order valence-electron chi connectivity index (χ3n) is 12.2. The van der Waals surface area contributed by atoms with Crippen LogP contribution >= 0.6 is 0 Å². The van der Waals surface area contributed by atoms with E-state index >= 15 is 0 Å². The fourth-order valence-electron chi connectivity index (χ4n) is 10.1. The van der Waals surface area contributed by atoms with Crippen LogP contribution in [-0.2, 0) is 12.1 Å². The van der Waals surface area contributed by atoms with Crippen molar-refractivity contribution >= 4 is 0 Å². The lowest BCUT2D eigenvalue weighted by Crippen LogP contribution is -2.56. The van der Waals surface area contributed by atoms with Crippen LogP contribution in [0, 0.1) is 40.4 Å². The van der Waals surface area contributed by atoms with Crippen molar-refractivity contribution in [2.75, 3.05) is 28.2 Å². The van der Waals surface area contributed by atoms with Crippen molar-refractivity contribution in [3.8, 4) is 0 Å². The second-order valence-electron chi connectivity index (χ2n) is 14.2. The van der Waals surface area contributed by atoms with Crippen molar-refractivity contribution in [1.82, 2.24) is 9.80 Å². The summed E-state index contributed by atoms with van der Waals surface area (Å²) in [5.41, 5.74) is 2.77. The van der Waals surface area contributed by atoms with Crippen LogP contribution in [0.1, 0.15) is 89.7 Å². The molecule has 0 amide bonds. The molecule has 4 fully saturated rings. The van der Waals surface area contributed by atoms with Gasteiger partial charge in [0.1, 0.15) is 0 Å². The molecule has 0 saturated heterocycles. The van der Waals surface area contributed by atoms with E-state index in [0.29, 0.717) is 22.8 Å². The first kappa shape index (κ1) is 25.7. The van der Waals surface area contributed by atoms with Gasteiger partial charge < -0.3 is 14.9 Å². The van der Waals surface area contributed by atoms with Crippen molar-refractivity contribution < 1.29 is 5.11 Å². The SMILES string of the molecule is C[C@@H]([C@H]1CC[C@H]2C3CC[C@H]4C[C@@](O)(c5ccccc5CN(C)C)CC[C@]4(C)[C@H]3CCC12C)N(C)C. The van der Waals surface area contributed by atoms with Crippen LogP contribution < -0.4 is 0 Å². The number of fused-ring (bicyclic) bond motifs is 5. The van der Waals surface area contributed by atoms with Crippen LogP contribution in [0.5, 0.6) is 0 Å². The maximum atomic E-state index is 12.1. The molecule has 0 heterocycles. The lowest BCUT2D eigenvalue weighted by atomic mass is 9.43. The van der Waals surface area contributed by atoms with E-state index < -0.39 is 5.60 Å². The van der Waals surface area contributed by atoms with Gasteiger partial charge in [-0.05, 0) is 144 Å². The van der Waals surface area contributed by atoms with Crippen molar-refractivity contribution in [3.63, 3.8) is 0 Å². The summed E-state index contributed by atoms with van der Waals surface area (Å²) in [7, 11) is 8.81. The Labute approximate surface area is 215 Å². The van der Waals surface area contributed by atoms with Gasteiger partial charge in [0.2, 0.25) is 0 Å². The van der Waals surface area contributed by atoms with Crippen LogP contribution in [0.15, 0.2) is 24.3 Å². The minimum atomic E-state index is -0.660. The van der Waals surface area contributed by atoms with E-state index in [2.05, 4.69) is 83.0 Å². The average Bonchev–Trinajstić information content (AvgIpc) is 3.16. The smallest absolute Gasteiger partial charge is 0.0902 e. The van der Waals surface area contributed by atoms with Crippen LogP contribution in [-0.4, -0.2) is 49.1 Å². The molecule has 0 radical (unpaired) electrons. The van der Waals surface area contributed by atoms with Gasteiger partial charge in [-0.3, -0.25) is 0 Å². The van der Waals surface area contributed by atoms with E-state index in [4.69, 9.17) is 0 Å².